The summed E-state index contributed by atoms with van der Waals surface area (Å²) in [6, 6.07) is 13.4. The monoisotopic (exact) mass is 217 g/mol. The zero-order valence-electron chi connectivity index (χ0n) is 9.03. The van der Waals surface area contributed by atoms with E-state index in [0.29, 0.717) is 6.04 Å². The molecule has 15 heavy (non-hydrogen) atoms. The third-order valence-electron chi connectivity index (χ3n) is 2.63. The Balaban J connectivity index is 2.35. The van der Waals surface area contributed by atoms with E-state index in [1.54, 1.807) is 11.3 Å². The number of benzene rings is 1. The molecule has 0 aliphatic rings. The van der Waals surface area contributed by atoms with E-state index in [9.17, 15) is 0 Å². The van der Waals surface area contributed by atoms with Gasteiger partial charge in [-0.1, -0.05) is 24.3 Å². The van der Waals surface area contributed by atoms with Crippen LogP contribution in [0.25, 0.3) is 10.4 Å². The second-order valence-corrected chi connectivity index (χ2v) is 4.56. The molecule has 0 aliphatic heterocycles. The summed E-state index contributed by atoms with van der Waals surface area (Å²) in [5, 5.41) is 5.37. The van der Waals surface area contributed by atoms with Crippen LogP contribution in [0.1, 0.15) is 18.5 Å². The summed E-state index contributed by atoms with van der Waals surface area (Å²) >= 11 is 1.78. The highest BCUT2D eigenvalue weighted by molar-refractivity contribution is 7.13. The zero-order chi connectivity index (χ0) is 10.7. The zero-order valence-corrected chi connectivity index (χ0v) is 9.84. The minimum Gasteiger partial charge on any atom is -0.313 e. The van der Waals surface area contributed by atoms with Gasteiger partial charge in [-0.25, -0.2) is 0 Å². The van der Waals surface area contributed by atoms with Gasteiger partial charge in [-0.05, 0) is 42.6 Å². The van der Waals surface area contributed by atoms with E-state index in [2.05, 4.69) is 54.0 Å². The van der Waals surface area contributed by atoms with Gasteiger partial charge in [0, 0.05) is 10.9 Å². The van der Waals surface area contributed by atoms with Gasteiger partial charge in [-0.15, -0.1) is 11.3 Å². The summed E-state index contributed by atoms with van der Waals surface area (Å²) in [4.78, 5) is 1.33. The predicted molar refractivity (Wildman–Crippen MR) is 67.2 cm³/mol. The molecule has 1 nitrogen and oxygen atoms in total. The van der Waals surface area contributed by atoms with E-state index in [0.717, 1.165) is 0 Å². The lowest BCUT2D eigenvalue weighted by molar-refractivity contribution is 0.652. The van der Waals surface area contributed by atoms with Crippen molar-refractivity contribution in [2.75, 3.05) is 7.05 Å². The van der Waals surface area contributed by atoms with Gasteiger partial charge in [0.25, 0.3) is 0 Å². The highest BCUT2D eigenvalue weighted by Gasteiger charge is 2.04. The Kier molecular flexibility index (Phi) is 3.19. The largest absolute Gasteiger partial charge is 0.313 e. The highest BCUT2D eigenvalue weighted by atomic mass is 32.1. The van der Waals surface area contributed by atoms with Crippen LogP contribution in [0, 0.1) is 0 Å². The average Bonchev–Trinajstić information content (AvgIpc) is 2.82. The molecule has 0 amide bonds. The summed E-state index contributed by atoms with van der Waals surface area (Å²) < 4.78 is 0. The summed E-state index contributed by atoms with van der Waals surface area (Å²) in [7, 11) is 1.99. The Bertz CT molecular complexity index is 420. The summed E-state index contributed by atoms with van der Waals surface area (Å²) in [5.74, 6) is 0. The van der Waals surface area contributed by atoms with Crippen molar-refractivity contribution in [1.82, 2.24) is 5.32 Å². The van der Waals surface area contributed by atoms with Crippen LogP contribution in [0.2, 0.25) is 0 Å². The Morgan fingerprint density at radius 1 is 1.20 bits per heavy atom. The van der Waals surface area contributed by atoms with Crippen molar-refractivity contribution in [2.24, 2.45) is 0 Å². The smallest absolute Gasteiger partial charge is 0.0342 e. The topological polar surface area (TPSA) is 12.0 Å². The molecule has 1 heterocycles. The molecule has 1 atom stereocenters. The quantitative estimate of drug-likeness (QED) is 0.826. The maximum atomic E-state index is 3.26. The molecule has 2 heteroatoms. The van der Waals surface area contributed by atoms with Crippen LogP contribution in [-0.4, -0.2) is 7.05 Å². The molecule has 1 unspecified atom stereocenters. The first kappa shape index (κ1) is 10.4. The predicted octanol–water partition coefficient (Wildman–Crippen LogP) is 3.70. The minimum absolute atomic E-state index is 0.407. The maximum absolute atomic E-state index is 3.26. The third-order valence-corrected chi connectivity index (χ3v) is 3.54. The fourth-order valence-electron chi connectivity index (χ4n) is 1.57. The Morgan fingerprint density at radius 3 is 2.73 bits per heavy atom. The van der Waals surface area contributed by atoms with Crippen molar-refractivity contribution in [3.8, 4) is 10.4 Å². The van der Waals surface area contributed by atoms with Gasteiger partial charge in [0.15, 0.2) is 0 Å². The number of rotatable bonds is 3. The van der Waals surface area contributed by atoms with Crippen LogP contribution < -0.4 is 5.32 Å². The van der Waals surface area contributed by atoms with Gasteiger partial charge >= 0.3 is 0 Å². The molecule has 0 fully saturated rings. The number of hydrogen-bond donors (Lipinski definition) is 1. The van der Waals surface area contributed by atoms with Gasteiger partial charge in [-0.2, -0.15) is 0 Å². The Hall–Kier alpha value is -1.12. The van der Waals surface area contributed by atoms with Gasteiger partial charge in [0.05, 0.1) is 0 Å². The molecule has 1 aromatic carbocycles. The number of thiophene rings is 1. The maximum Gasteiger partial charge on any atom is 0.0342 e. The molecular formula is C13H15NS. The van der Waals surface area contributed by atoms with Gasteiger partial charge in [0.1, 0.15) is 0 Å². The van der Waals surface area contributed by atoms with E-state index < -0.39 is 0 Å². The van der Waals surface area contributed by atoms with Crippen molar-refractivity contribution < 1.29 is 0 Å². The van der Waals surface area contributed by atoms with Crippen LogP contribution in [0.15, 0.2) is 41.8 Å². The molecule has 0 spiro atoms. The van der Waals surface area contributed by atoms with E-state index in [1.165, 1.54) is 16.0 Å². The van der Waals surface area contributed by atoms with Gasteiger partial charge in [0.2, 0.25) is 0 Å². The molecule has 2 rings (SSSR count). The lowest BCUT2D eigenvalue weighted by Gasteiger charge is -2.11. The molecule has 0 aliphatic carbocycles. The molecule has 0 radical (unpaired) electrons. The fraction of sp³-hybridized carbons (Fsp3) is 0.231. The van der Waals surface area contributed by atoms with Crippen LogP contribution in [0.4, 0.5) is 0 Å². The molecule has 2 aromatic rings. The summed E-state index contributed by atoms with van der Waals surface area (Å²) in [6.07, 6.45) is 0. The minimum atomic E-state index is 0.407. The van der Waals surface area contributed by atoms with E-state index in [1.807, 2.05) is 7.05 Å². The van der Waals surface area contributed by atoms with Crippen LogP contribution in [0.3, 0.4) is 0 Å². The van der Waals surface area contributed by atoms with Crippen LogP contribution in [-0.2, 0) is 0 Å². The normalized spacial score (nSPS) is 12.7. The summed E-state index contributed by atoms with van der Waals surface area (Å²) in [6.45, 7) is 2.17. The summed E-state index contributed by atoms with van der Waals surface area (Å²) in [5.41, 5.74) is 2.65. The Morgan fingerprint density at radius 2 is 2.07 bits per heavy atom. The number of hydrogen-bond acceptors (Lipinski definition) is 2. The molecule has 0 saturated carbocycles. The average molecular weight is 217 g/mol. The van der Waals surface area contributed by atoms with E-state index in [-0.39, 0.29) is 0 Å². The van der Waals surface area contributed by atoms with Gasteiger partial charge < -0.3 is 5.32 Å². The van der Waals surface area contributed by atoms with Crippen LogP contribution >= 0.6 is 11.3 Å². The van der Waals surface area contributed by atoms with E-state index in [4.69, 9.17) is 0 Å². The third kappa shape index (κ3) is 2.28. The first-order valence-electron chi connectivity index (χ1n) is 5.12. The second-order valence-electron chi connectivity index (χ2n) is 3.61. The van der Waals surface area contributed by atoms with Crippen molar-refractivity contribution in [3.63, 3.8) is 0 Å². The van der Waals surface area contributed by atoms with Crippen molar-refractivity contribution in [1.29, 1.82) is 0 Å². The number of nitrogens with one attached hydrogen (secondary N) is 1. The second kappa shape index (κ2) is 4.60. The Labute approximate surface area is 94.8 Å². The lowest BCUT2D eigenvalue weighted by Crippen LogP contribution is -2.11. The first-order chi connectivity index (χ1) is 7.31. The van der Waals surface area contributed by atoms with Crippen molar-refractivity contribution in [2.45, 2.75) is 13.0 Å². The van der Waals surface area contributed by atoms with Crippen molar-refractivity contribution in [3.05, 3.63) is 47.3 Å². The molecule has 78 valence electrons. The molecule has 1 N–H and O–H groups in total. The molecule has 0 bridgehead atoms. The highest BCUT2D eigenvalue weighted by Crippen LogP contribution is 2.26. The molecule has 0 saturated heterocycles. The van der Waals surface area contributed by atoms with Gasteiger partial charge in [-0.3, -0.25) is 0 Å². The van der Waals surface area contributed by atoms with Crippen molar-refractivity contribution >= 4 is 11.3 Å². The molecule has 1 aromatic heterocycles. The van der Waals surface area contributed by atoms with E-state index >= 15 is 0 Å². The van der Waals surface area contributed by atoms with Crippen LogP contribution in [0.5, 0.6) is 0 Å². The SMILES string of the molecule is CNC(C)c1cccc(-c2cccs2)c1. The lowest BCUT2D eigenvalue weighted by atomic mass is 10.0. The molecular weight excluding hydrogens is 202 g/mol. The standard InChI is InChI=1S/C13H15NS/c1-10(14-2)11-5-3-6-12(9-11)13-7-4-8-15-13/h3-10,14H,1-2H3. The fourth-order valence-corrected chi connectivity index (χ4v) is 2.29. The first-order valence-corrected chi connectivity index (χ1v) is 6.00.